The van der Waals surface area contributed by atoms with Crippen molar-refractivity contribution in [3.05, 3.63) is 72.1 Å². The van der Waals surface area contributed by atoms with Crippen LogP contribution in [-0.2, 0) is 6.54 Å². The van der Waals surface area contributed by atoms with Gasteiger partial charge in [-0.25, -0.2) is 14.1 Å². The molecule has 0 aliphatic heterocycles. The lowest BCUT2D eigenvalue weighted by atomic mass is 10.1. The fourth-order valence-corrected chi connectivity index (χ4v) is 2.09. The van der Waals surface area contributed by atoms with Gasteiger partial charge >= 0.3 is 0 Å². The molecule has 0 atom stereocenters. The van der Waals surface area contributed by atoms with E-state index >= 15 is 0 Å². The first kappa shape index (κ1) is 13.3. The maximum absolute atomic E-state index is 13.2. The fourth-order valence-electron chi connectivity index (χ4n) is 2.09. The number of benzene rings is 2. The molecular formula is C16H15FN4. The summed E-state index contributed by atoms with van der Waals surface area (Å²) < 4.78 is 14.9. The summed E-state index contributed by atoms with van der Waals surface area (Å²) in [5.74, 6) is -0.170. The summed E-state index contributed by atoms with van der Waals surface area (Å²) in [6.45, 7) is 2.43. The number of aromatic nitrogens is 3. The molecule has 1 aromatic heterocycles. The molecule has 0 saturated carbocycles. The van der Waals surface area contributed by atoms with E-state index in [4.69, 9.17) is 0 Å². The van der Waals surface area contributed by atoms with Crippen LogP contribution in [0.2, 0.25) is 0 Å². The Labute approximate surface area is 122 Å². The number of anilines is 1. The van der Waals surface area contributed by atoms with Gasteiger partial charge < -0.3 is 5.32 Å². The molecule has 0 saturated heterocycles. The number of rotatable bonds is 4. The summed E-state index contributed by atoms with van der Waals surface area (Å²) in [5, 5.41) is 7.39. The van der Waals surface area contributed by atoms with E-state index in [0.29, 0.717) is 12.1 Å². The SMILES string of the molecule is Cc1cc(CNc2ccc(-n3cncn3)cc2)ccc1F. The van der Waals surface area contributed by atoms with Crippen molar-refractivity contribution in [2.24, 2.45) is 0 Å². The predicted octanol–water partition coefficient (Wildman–Crippen LogP) is 3.33. The normalized spacial score (nSPS) is 10.6. The topological polar surface area (TPSA) is 42.7 Å². The summed E-state index contributed by atoms with van der Waals surface area (Å²) in [6.07, 6.45) is 3.16. The van der Waals surface area contributed by atoms with E-state index in [-0.39, 0.29) is 5.82 Å². The highest BCUT2D eigenvalue weighted by molar-refractivity contribution is 5.48. The van der Waals surface area contributed by atoms with Gasteiger partial charge in [0.1, 0.15) is 18.5 Å². The molecule has 0 unspecified atom stereocenters. The van der Waals surface area contributed by atoms with Crippen LogP contribution in [-0.4, -0.2) is 14.8 Å². The van der Waals surface area contributed by atoms with Crippen LogP contribution in [0.25, 0.3) is 5.69 Å². The van der Waals surface area contributed by atoms with Gasteiger partial charge in [-0.05, 0) is 48.4 Å². The molecule has 3 aromatic rings. The minimum atomic E-state index is -0.170. The quantitative estimate of drug-likeness (QED) is 0.798. The zero-order chi connectivity index (χ0) is 14.7. The van der Waals surface area contributed by atoms with Gasteiger partial charge in [-0.15, -0.1) is 0 Å². The van der Waals surface area contributed by atoms with Crippen molar-refractivity contribution in [3.8, 4) is 5.69 Å². The second kappa shape index (κ2) is 5.75. The van der Waals surface area contributed by atoms with E-state index in [1.54, 1.807) is 24.0 Å². The zero-order valence-corrected chi connectivity index (χ0v) is 11.6. The molecule has 2 aromatic carbocycles. The number of nitrogens with one attached hydrogen (secondary N) is 1. The fraction of sp³-hybridized carbons (Fsp3) is 0.125. The molecule has 106 valence electrons. The molecule has 0 aliphatic carbocycles. The largest absolute Gasteiger partial charge is 0.381 e. The molecule has 0 amide bonds. The second-order valence-electron chi connectivity index (χ2n) is 4.82. The molecule has 0 radical (unpaired) electrons. The molecule has 3 rings (SSSR count). The van der Waals surface area contributed by atoms with E-state index in [2.05, 4.69) is 15.4 Å². The molecule has 0 spiro atoms. The van der Waals surface area contributed by atoms with E-state index in [1.807, 2.05) is 30.3 Å². The summed E-state index contributed by atoms with van der Waals surface area (Å²) in [7, 11) is 0. The van der Waals surface area contributed by atoms with Crippen molar-refractivity contribution >= 4 is 5.69 Å². The third-order valence-corrected chi connectivity index (χ3v) is 3.27. The van der Waals surface area contributed by atoms with Crippen LogP contribution in [0.4, 0.5) is 10.1 Å². The van der Waals surface area contributed by atoms with Crippen LogP contribution in [0.1, 0.15) is 11.1 Å². The lowest BCUT2D eigenvalue weighted by molar-refractivity contribution is 0.617. The third-order valence-electron chi connectivity index (χ3n) is 3.27. The van der Waals surface area contributed by atoms with Crippen LogP contribution >= 0.6 is 0 Å². The Balaban J connectivity index is 1.66. The molecule has 4 nitrogen and oxygen atoms in total. The summed E-state index contributed by atoms with van der Waals surface area (Å²) in [6, 6.07) is 13.0. The van der Waals surface area contributed by atoms with Gasteiger partial charge in [-0.1, -0.05) is 12.1 Å². The van der Waals surface area contributed by atoms with E-state index < -0.39 is 0 Å². The number of aryl methyl sites for hydroxylation is 1. The molecule has 1 N–H and O–H groups in total. The van der Waals surface area contributed by atoms with Crippen LogP contribution < -0.4 is 5.32 Å². The number of nitrogens with zero attached hydrogens (tertiary/aromatic N) is 3. The van der Waals surface area contributed by atoms with Gasteiger partial charge in [0.25, 0.3) is 0 Å². The van der Waals surface area contributed by atoms with Gasteiger partial charge in [-0.2, -0.15) is 5.10 Å². The lowest BCUT2D eigenvalue weighted by Crippen LogP contribution is -2.01. The van der Waals surface area contributed by atoms with Gasteiger partial charge in [0.15, 0.2) is 0 Å². The molecular weight excluding hydrogens is 267 g/mol. The van der Waals surface area contributed by atoms with Crippen molar-refractivity contribution in [1.29, 1.82) is 0 Å². The highest BCUT2D eigenvalue weighted by Crippen LogP contribution is 2.15. The summed E-state index contributed by atoms with van der Waals surface area (Å²) >= 11 is 0. The second-order valence-corrected chi connectivity index (χ2v) is 4.82. The average molecular weight is 282 g/mol. The monoisotopic (exact) mass is 282 g/mol. The molecule has 0 bridgehead atoms. The van der Waals surface area contributed by atoms with Crippen molar-refractivity contribution in [1.82, 2.24) is 14.8 Å². The highest BCUT2D eigenvalue weighted by atomic mass is 19.1. The van der Waals surface area contributed by atoms with Crippen LogP contribution in [0.15, 0.2) is 55.1 Å². The van der Waals surface area contributed by atoms with Gasteiger partial charge in [0.05, 0.1) is 5.69 Å². The van der Waals surface area contributed by atoms with Gasteiger partial charge in [0.2, 0.25) is 0 Å². The van der Waals surface area contributed by atoms with Crippen LogP contribution in [0.3, 0.4) is 0 Å². The first-order chi connectivity index (χ1) is 10.2. The summed E-state index contributed by atoms with van der Waals surface area (Å²) in [5.41, 5.74) is 3.67. The zero-order valence-electron chi connectivity index (χ0n) is 11.6. The number of hydrogen-bond acceptors (Lipinski definition) is 3. The molecule has 5 heteroatoms. The van der Waals surface area contributed by atoms with E-state index in [1.165, 1.54) is 12.4 Å². The number of hydrogen-bond donors (Lipinski definition) is 1. The molecule has 0 aliphatic rings. The number of halogens is 1. The van der Waals surface area contributed by atoms with E-state index in [9.17, 15) is 4.39 Å². The Bertz CT molecular complexity index is 721. The smallest absolute Gasteiger partial charge is 0.138 e. The Morgan fingerprint density at radius 2 is 1.95 bits per heavy atom. The van der Waals surface area contributed by atoms with Crippen LogP contribution in [0.5, 0.6) is 0 Å². The maximum atomic E-state index is 13.2. The van der Waals surface area contributed by atoms with Crippen molar-refractivity contribution in [3.63, 3.8) is 0 Å². The Morgan fingerprint density at radius 3 is 2.62 bits per heavy atom. The first-order valence-electron chi connectivity index (χ1n) is 6.66. The Morgan fingerprint density at radius 1 is 1.14 bits per heavy atom. The van der Waals surface area contributed by atoms with Gasteiger partial charge in [0, 0.05) is 12.2 Å². The van der Waals surface area contributed by atoms with Gasteiger partial charge in [-0.3, -0.25) is 0 Å². The Kier molecular flexibility index (Phi) is 3.64. The maximum Gasteiger partial charge on any atom is 0.138 e. The Hall–Kier alpha value is -2.69. The van der Waals surface area contributed by atoms with E-state index in [0.717, 1.165) is 16.9 Å². The molecule has 21 heavy (non-hydrogen) atoms. The minimum Gasteiger partial charge on any atom is -0.381 e. The van der Waals surface area contributed by atoms with Crippen molar-refractivity contribution in [2.45, 2.75) is 13.5 Å². The lowest BCUT2D eigenvalue weighted by Gasteiger charge is -2.08. The first-order valence-corrected chi connectivity index (χ1v) is 6.66. The predicted molar refractivity (Wildman–Crippen MR) is 79.8 cm³/mol. The summed E-state index contributed by atoms with van der Waals surface area (Å²) in [4.78, 5) is 3.92. The van der Waals surface area contributed by atoms with Crippen LogP contribution in [0, 0.1) is 12.7 Å². The highest BCUT2D eigenvalue weighted by Gasteiger charge is 2.00. The minimum absolute atomic E-state index is 0.170. The average Bonchev–Trinajstić information content (AvgIpc) is 3.03. The van der Waals surface area contributed by atoms with Crippen molar-refractivity contribution < 1.29 is 4.39 Å². The van der Waals surface area contributed by atoms with Crippen molar-refractivity contribution in [2.75, 3.05) is 5.32 Å². The standard InChI is InChI=1S/C16H15FN4/c1-12-8-13(2-7-16(12)17)9-19-14-3-5-15(6-4-14)21-11-18-10-20-21/h2-8,10-11,19H,9H2,1H3. The molecule has 0 fully saturated rings. The third kappa shape index (κ3) is 3.08. The molecule has 1 heterocycles.